The Balaban J connectivity index is 1.51. The van der Waals surface area contributed by atoms with Gasteiger partial charge in [0, 0.05) is 11.8 Å². The Morgan fingerprint density at radius 2 is 2.05 bits per heavy atom. The van der Waals surface area contributed by atoms with E-state index in [0.717, 1.165) is 11.5 Å². The molecule has 0 spiro atoms. The number of rotatable bonds is 6. The predicted octanol–water partition coefficient (Wildman–Crippen LogP) is 3.38. The molecule has 8 heteroatoms. The Bertz CT molecular complexity index is 742. The molecule has 6 nitrogen and oxygen atoms in total. The van der Waals surface area contributed by atoms with E-state index < -0.39 is 0 Å². The molecule has 0 aliphatic rings. The third-order valence-electron chi connectivity index (χ3n) is 2.64. The first-order valence-corrected chi connectivity index (χ1v) is 7.43. The number of benzene rings is 1. The Kier molecular flexibility index (Phi) is 4.38. The SMILES string of the molecule is Cc1cc(CSc2nnc(COc3ccc(F)cc3)o2)no1. The molecule has 0 radical (unpaired) electrons. The van der Waals surface area contributed by atoms with Crippen LogP contribution < -0.4 is 4.74 Å². The first-order chi connectivity index (χ1) is 10.7. The molecule has 0 saturated carbocycles. The molecule has 0 aliphatic heterocycles. The first-order valence-electron chi connectivity index (χ1n) is 6.45. The van der Waals surface area contributed by atoms with Gasteiger partial charge in [0.25, 0.3) is 11.1 Å². The van der Waals surface area contributed by atoms with Crippen molar-refractivity contribution in [3.8, 4) is 5.75 Å². The van der Waals surface area contributed by atoms with Gasteiger partial charge in [-0.25, -0.2) is 4.39 Å². The molecular weight excluding hydrogens is 309 g/mol. The highest BCUT2D eigenvalue weighted by Gasteiger charge is 2.09. The van der Waals surface area contributed by atoms with Gasteiger partial charge in [0.15, 0.2) is 6.61 Å². The van der Waals surface area contributed by atoms with Crippen molar-refractivity contribution in [3.63, 3.8) is 0 Å². The van der Waals surface area contributed by atoms with E-state index in [1.165, 1.54) is 36.0 Å². The summed E-state index contributed by atoms with van der Waals surface area (Å²) in [5.41, 5.74) is 0.810. The van der Waals surface area contributed by atoms with Gasteiger partial charge in [-0.3, -0.25) is 0 Å². The number of aromatic nitrogens is 3. The van der Waals surface area contributed by atoms with Crippen molar-refractivity contribution in [2.45, 2.75) is 24.5 Å². The molecule has 0 unspecified atom stereocenters. The van der Waals surface area contributed by atoms with Crippen LogP contribution in [0.3, 0.4) is 0 Å². The summed E-state index contributed by atoms with van der Waals surface area (Å²) in [4.78, 5) is 0. The number of hydrogen-bond donors (Lipinski definition) is 0. The van der Waals surface area contributed by atoms with Crippen molar-refractivity contribution >= 4 is 11.8 Å². The lowest BCUT2D eigenvalue weighted by Crippen LogP contribution is -1.95. The summed E-state index contributed by atoms with van der Waals surface area (Å²) in [5, 5.41) is 12.1. The lowest BCUT2D eigenvalue weighted by atomic mass is 10.3. The largest absolute Gasteiger partial charge is 0.484 e. The number of nitrogens with zero attached hydrogens (tertiary/aromatic N) is 3. The van der Waals surface area contributed by atoms with Crippen LogP contribution in [0.1, 0.15) is 17.3 Å². The van der Waals surface area contributed by atoms with Gasteiger partial charge < -0.3 is 13.7 Å². The van der Waals surface area contributed by atoms with Gasteiger partial charge in [0.1, 0.15) is 17.3 Å². The summed E-state index contributed by atoms with van der Waals surface area (Å²) in [6, 6.07) is 7.57. The van der Waals surface area contributed by atoms with E-state index >= 15 is 0 Å². The van der Waals surface area contributed by atoms with E-state index in [0.29, 0.717) is 22.6 Å². The van der Waals surface area contributed by atoms with Crippen molar-refractivity contribution in [1.82, 2.24) is 15.4 Å². The molecule has 2 heterocycles. The highest BCUT2D eigenvalue weighted by molar-refractivity contribution is 7.98. The van der Waals surface area contributed by atoms with Crippen LogP contribution in [0.4, 0.5) is 4.39 Å². The molecule has 0 amide bonds. The van der Waals surface area contributed by atoms with Crippen molar-refractivity contribution in [2.75, 3.05) is 0 Å². The maximum Gasteiger partial charge on any atom is 0.277 e. The summed E-state index contributed by atoms with van der Waals surface area (Å²) < 4.78 is 28.6. The summed E-state index contributed by atoms with van der Waals surface area (Å²) in [7, 11) is 0. The average Bonchev–Trinajstić information content (AvgIpc) is 3.13. The zero-order valence-corrected chi connectivity index (χ0v) is 12.5. The van der Waals surface area contributed by atoms with Crippen LogP contribution >= 0.6 is 11.8 Å². The number of thioether (sulfide) groups is 1. The zero-order valence-electron chi connectivity index (χ0n) is 11.7. The quantitative estimate of drug-likeness (QED) is 0.644. The second kappa shape index (κ2) is 6.61. The zero-order chi connectivity index (χ0) is 15.4. The van der Waals surface area contributed by atoms with Gasteiger partial charge >= 0.3 is 0 Å². The Labute approximate surface area is 129 Å². The molecule has 0 aliphatic carbocycles. The second-order valence-electron chi connectivity index (χ2n) is 4.42. The van der Waals surface area contributed by atoms with Gasteiger partial charge in [-0.15, -0.1) is 10.2 Å². The Morgan fingerprint density at radius 3 is 2.77 bits per heavy atom. The molecular formula is C14H12FN3O3S. The molecule has 114 valence electrons. The minimum absolute atomic E-state index is 0.127. The fraction of sp³-hybridized carbons (Fsp3) is 0.214. The highest BCUT2D eigenvalue weighted by atomic mass is 32.2. The van der Waals surface area contributed by atoms with Gasteiger partial charge in [-0.1, -0.05) is 16.9 Å². The topological polar surface area (TPSA) is 74.2 Å². The minimum Gasteiger partial charge on any atom is -0.484 e. The lowest BCUT2D eigenvalue weighted by Gasteiger charge is -2.01. The van der Waals surface area contributed by atoms with Crippen LogP contribution in [-0.2, 0) is 12.4 Å². The summed E-state index contributed by atoms with van der Waals surface area (Å²) in [5.74, 6) is 1.91. The summed E-state index contributed by atoms with van der Waals surface area (Å²) in [6.45, 7) is 1.96. The Morgan fingerprint density at radius 1 is 1.23 bits per heavy atom. The monoisotopic (exact) mass is 321 g/mol. The fourth-order valence-electron chi connectivity index (χ4n) is 1.65. The summed E-state index contributed by atoms with van der Waals surface area (Å²) >= 11 is 1.36. The number of ether oxygens (including phenoxy) is 1. The van der Waals surface area contributed by atoms with E-state index in [2.05, 4.69) is 15.4 Å². The number of hydrogen-bond acceptors (Lipinski definition) is 7. The fourth-order valence-corrected chi connectivity index (χ4v) is 2.31. The van der Waals surface area contributed by atoms with E-state index in [1.807, 2.05) is 13.0 Å². The molecule has 0 saturated heterocycles. The Hall–Kier alpha value is -2.35. The van der Waals surface area contributed by atoms with Crippen molar-refractivity contribution in [2.24, 2.45) is 0 Å². The number of aryl methyl sites for hydroxylation is 1. The van der Waals surface area contributed by atoms with Gasteiger partial charge in [-0.2, -0.15) is 0 Å². The van der Waals surface area contributed by atoms with Crippen LogP contribution in [0.2, 0.25) is 0 Å². The van der Waals surface area contributed by atoms with Gasteiger partial charge in [-0.05, 0) is 31.2 Å². The lowest BCUT2D eigenvalue weighted by molar-refractivity contribution is 0.252. The third-order valence-corrected chi connectivity index (χ3v) is 3.50. The van der Waals surface area contributed by atoms with Crippen LogP contribution in [0.5, 0.6) is 5.75 Å². The molecule has 3 aromatic rings. The van der Waals surface area contributed by atoms with Crippen molar-refractivity contribution < 1.29 is 18.1 Å². The molecule has 22 heavy (non-hydrogen) atoms. The van der Waals surface area contributed by atoms with Crippen molar-refractivity contribution in [1.29, 1.82) is 0 Å². The molecule has 0 atom stereocenters. The maximum absolute atomic E-state index is 12.8. The summed E-state index contributed by atoms with van der Waals surface area (Å²) in [6.07, 6.45) is 0. The van der Waals surface area contributed by atoms with Crippen LogP contribution in [-0.4, -0.2) is 15.4 Å². The van der Waals surface area contributed by atoms with Gasteiger partial charge in [0.2, 0.25) is 0 Å². The number of halogens is 1. The molecule has 3 rings (SSSR count). The average molecular weight is 321 g/mol. The van der Waals surface area contributed by atoms with Crippen LogP contribution in [0, 0.1) is 12.7 Å². The van der Waals surface area contributed by atoms with Crippen LogP contribution in [0.15, 0.2) is 44.5 Å². The molecule has 0 bridgehead atoms. The first kappa shape index (κ1) is 14.6. The van der Waals surface area contributed by atoms with E-state index in [1.54, 1.807) is 0 Å². The van der Waals surface area contributed by atoms with Crippen LogP contribution in [0.25, 0.3) is 0 Å². The maximum atomic E-state index is 12.8. The van der Waals surface area contributed by atoms with Crippen molar-refractivity contribution in [3.05, 3.63) is 53.5 Å². The van der Waals surface area contributed by atoms with E-state index in [4.69, 9.17) is 13.7 Å². The minimum atomic E-state index is -0.313. The molecule has 2 aromatic heterocycles. The normalized spacial score (nSPS) is 10.8. The second-order valence-corrected chi connectivity index (χ2v) is 5.35. The predicted molar refractivity (Wildman–Crippen MR) is 75.8 cm³/mol. The molecule has 0 fully saturated rings. The van der Waals surface area contributed by atoms with Gasteiger partial charge in [0.05, 0.1) is 5.69 Å². The third kappa shape index (κ3) is 3.85. The molecule has 0 N–H and O–H groups in total. The highest BCUT2D eigenvalue weighted by Crippen LogP contribution is 2.22. The van der Waals surface area contributed by atoms with E-state index in [9.17, 15) is 4.39 Å². The standard InChI is InChI=1S/C14H12FN3O3S/c1-9-6-11(18-21-9)8-22-14-17-16-13(20-14)7-19-12-4-2-10(15)3-5-12/h2-6H,7-8H2,1H3. The van der Waals surface area contributed by atoms with E-state index in [-0.39, 0.29) is 12.4 Å². The smallest absolute Gasteiger partial charge is 0.277 e. The molecule has 1 aromatic carbocycles.